The number of carbonyl (C=O) groups is 1. The van der Waals surface area contributed by atoms with E-state index in [9.17, 15) is 13.2 Å². The minimum atomic E-state index is -3.65. The number of hydrogen-bond acceptors (Lipinski definition) is 5. The van der Waals surface area contributed by atoms with Gasteiger partial charge in [-0.3, -0.25) is 9.69 Å². The number of ether oxygens (including phenoxy) is 1. The summed E-state index contributed by atoms with van der Waals surface area (Å²) in [6.45, 7) is 10.4. The number of carbonyl (C=O) groups excluding carboxylic acids is 1. The Hall–Kier alpha value is -2.26. The fraction of sp³-hybridized carbons (Fsp3) is 0.458. The normalized spacial score (nSPS) is 19.6. The third kappa shape index (κ3) is 6.62. The zero-order valence-electron chi connectivity index (χ0n) is 19.2. The summed E-state index contributed by atoms with van der Waals surface area (Å²) in [5, 5.41) is 2.93. The lowest BCUT2D eigenvalue weighted by atomic mass is 10.1. The van der Waals surface area contributed by atoms with Crippen LogP contribution in [0.5, 0.6) is 0 Å². The third-order valence-corrected chi connectivity index (χ3v) is 7.07. The molecule has 8 heteroatoms. The monoisotopic (exact) mass is 459 g/mol. The van der Waals surface area contributed by atoms with Crippen molar-refractivity contribution < 1.29 is 17.9 Å². The largest absolute Gasteiger partial charge is 0.373 e. The van der Waals surface area contributed by atoms with Crippen LogP contribution in [0, 0.1) is 13.8 Å². The molecule has 0 saturated carbocycles. The molecule has 1 amide bonds. The molecule has 174 valence electrons. The first-order valence-corrected chi connectivity index (χ1v) is 12.4. The zero-order chi connectivity index (χ0) is 23.3. The third-order valence-electron chi connectivity index (χ3n) is 5.61. The summed E-state index contributed by atoms with van der Waals surface area (Å²) in [6.07, 6.45) is 0.390. The fourth-order valence-electron chi connectivity index (χ4n) is 3.91. The SMILES string of the molecule is Cc1ccc(S(=O)(=O)NCCC(=O)Nc2ccccc2CN2CC(C)OC(C)C2)cc1C. The van der Waals surface area contributed by atoms with Crippen LogP contribution < -0.4 is 10.0 Å². The van der Waals surface area contributed by atoms with Gasteiger partial charge in [0.15, 0.2) is 0 Å². The van der Waals surface area contributed by atoms with E-state index in [1.54, 1.807) is 18.2 Å². The first kappa shape index (κ1) is 24.4. The summed E-state index contributed by atoms with van der Waals surface area (Å²) in [4.78, 5) is 15.0. The topological polar surface area (TPSA) is 87.7 Å². The molecule has 1 fully saturated rings. The smallest absolute Gasteiger partial charge is 0.240 e. The number of nitrogens with one attached hydrogen (secondary N) is 2. The first-order chi connectivity index (χ1) is 15.1. The number of rotatable bonds is 8. The Kier molecular flexibility index (Phi) is 8.05. The Morgan fingerprint density at radius 2 is 1.75 bits per heavy atom. The standard InChI is InChI=1S/C24H33N3O4S/c1-17-9-10-22(13-18(17)2)32(29,30)25-12-11-24(28)26-23-8-6-5-7-21(23)16-27-14-19(3)31-20(4)15-27/h5-10,13,19-20,25H,11-12,14-16H2,1-4H3,(H,26,28). The molecule has 2 N–H and O–H groups in total. The summed E-state index contributed by atoms with van der Waals surface area (Å²) < 4.78 is 33.3. The number of hydrogen-bond donors (Lipinski definition) is 2. The van der Waals surface area contributed by atoms with E-state index in [1.807, 2.05) is 38.1 Å². The highest BCUT2D eigenvalue weighted by Crippen LogP contribution is 2.20. The van der Waals surface area contributed by atoms with Crippen LogP contribution in [-0.4, -0.2) is 51.1 Å². The molecular formula is C24H33N3O4S. The molecule has 0 bridgehead atoms. The van der Waals surface area contributed by atoms with E-state index >= 15 is 0 Å². The summed E-state index contributed by atoms with van der Waals surface area (Å²) in [7, 11) is -3.65. The van der Waals surface area contributed by atoms with Gasteiger partial charge in [-0.15, -0.1) is 0 Å². The molecule has 2 aromatic rings. The van der Waals surface area contributed by atoms with Gasteiger partial charge in [-0.2, -0.15) is 0 Å². The number of anilines is 1. The van der Waals surface area contributed by atoms with Crippen molar-refractivity contribution in [1.82, 2.24) is 9.62 Å². The van der Waals surface area contributed by atoms with Gasteiger partial charge >= 0.3 is 0 Å². The average molecular weight is 460 g/mol. The second-order valence-electron chi connectivity index (χ2n) is 8.55. The predicted octanol–water partition coefficient (Wildman–Crippen LogP) is 3.22. The molecule has 32 heavy (non-hydrogen) atoms. The van der Waals surface area contributed by atoms with E-state index in [1.165, 1.54) is 0 Å². The first-order valence-electron chi connectivity index (χ1n) is 11.0. The van der Waals surface area contributed by atoms with Crippen LogP contribution in [0.1, 0.15) is 37.0 Å². The maximum atomic E-state index is 12.5. The van der Waals surface area contributed by atoms with Gasteiger partial charge in [-0.05, 0) is 62.6 Å². The molecule has 2 unspecified atom stereocenters. The maximum absolute atomic E-state index is 12.5. The Balaban J connectivity index is 1.55. The molecule has 0 aromatic heterocycles. The number of benzene rings is 2. The average Bonchev–Trinajstić information content (AvgIpc) is 2.70. The maximum Gasteiger partial charge on any atom is 0.240 e. The molecule has 0 spiro atoms. The van der Waals surface area contributed by atoms with E-state index in [2.05, 4.69) is 28.8 Å². The van der Waals surface area contributed by atoms with Gasteiger partial charge in [0.25, 0.3) is 0 Å². The molecule has 0 aliphatic carbocycles. The van der Waals surface area contributed by atoms with Crippen LogP contribution in [0.25, 0.3) is 0 Å². The van der Waals surface area contributed by atoms with Crippen molar-refractivity contribution in [1.29, 1.82) is 0 Å². The van der Waals surface area contributed by atoms with Gasteiger partial charge in [-0.1, -0.05) is 24.3 Å². The van der Waals surface area contributed by atoms with Crippen LogP contribution in [-0.2, 0) is 26.1 Å². The van der Waals surface area contributed by atoms with E-state index in [0.29, 0.717) is 6.54 Å². The lowest BCUT2D eigenvalue weighted by Gasteiger charge is -2.35. The quantitative estimate of drug-likeness (QED) is 0.633. The van der Waals surface area contributed by atoms with Crippen LogP contribution in [0.4, 0.5) is 5.69 Å². The number of aryl methyl sites for hydroxylation is 2. The Bertz CT molecular complexity index is 1040. The van der Waals surface area contributed by atoms with E-state index in [4.69, 9.17) is 4.74 Å². The molecule has 2 atom stereocenters. The minimum Gasteiger partial charge on any atom is -0.373 e. The second-order valence-corrected chi connectivity index (χ2v) is 10.3. The summed E-state index contributed by atoms with van der Waals surface area (Å²) in [5.41, 5.74) is 3.72. The highest BCUT2D eigenvalue weighted by molar-refractivity contribution is 7.89. The summed E-state index contributed by atoms with van der Waals surface area (Å²) in [5.74, 6) is -0.232. The summed E-state index contributed by atoms with van der Waals surface area (Å²) >= 11 is 0. The molecular weight excluding hydrogens is 426 g/mol. The summed E-state index contributed by atoms with van der Waals surface area (Å²) in [6, 6.07) is 12.7. The van der Waals surface area contributed by atoms with Crippen LogP contribution in [0.2, 0.25) is 0 Å². The number of amides is 1. The van der Waals surface area contributed by atoms with Gasteiger partial charge in [0.2, 0.25) is 15.9 Å². The van der Waals surface area contributed by atoms with E-state index in [-0.39, 0.29) is 36.0 Å². The number of morpholine rings is 1. The van der Waals surface area contributed by atoms with Crippen LogP contribution in [0.15, 0.2) is 47.4 Å². The van der Waals surface area contributed by atoms with Crippen molar-refractivity contribution in [2.45, 2.75) is 57.8 Å². The van der Waals surface area contributed by atoms with Crippen molar-refractivity contribution in [3.63, 3.8) is 0 Å². The van der Waals surface area contributed by atoms with E-state index in [0.717, 1.165) is 35.5 Å². The molecule has 0 radical (unpaired) electrons. The number of nitrogens with zero attached hydrogens (tertiary/aromatic N) is 1. The van der Waals surface area contributed by atoms with Gasteiger partial charge in [-0.25, -0.2) is 13.1 Å². The lowest BCUT2D eigenvalue weighted by Crippen LogP contribution is -2.44. The fourth-order valence-corrected chi connectivity index (χ4v) is 5.03. The molecule has 1 heterocycles. The van der Waals surface area contributed by atoms with Crippen molar-refractivity contribution in [3.05, 3.63) is 59.2 Å². The van der Waals surface area contributed by atoms with Crippen molar-refractivity contribution in [3.8, 4) is 0 Å². The molecule has 1 aliphatic heterocycles. The molecule has 2 aromatic carbocycles. The molecule has 1 aliphatic rings. The van der Waals surface area contributed by atoms with Crippen molar-refractivity contribution in [2.24, 2.45) is 0 Å². The minimum absolute atomic E-state index is 0.0295. The second kappa shape index (κ2) is 10.6. The van der Waals surface area contributed by atoms with Gasteiger partial charge in [0.1, 0.15) is 0 Å². The Morgan fingerprint density at radius 1 is 1.06 bits per heavy atom. The van der Waals surface area contributed by atoms with Crippen molar-refractivity contribution in [2.75, 3.05) is 25.0 Å². The highest BCUT2D eigenvalue weighted by Gasteiger charge is 2.23. The van der Waals surface area contributed by atoms with Crippen LogP contribution in [0.3, 0.4) is 0 Å². The highest BCUT2D eigenvalue weighted by atomic mass is 32.2. The van der Waals surface area contributed by atoms with Gasteiger partial charge in [0.05, 0.1) is 17.1 Å². The Morgan fingerprint density at radius 3 is 2.44 bits per heavy atom. The molecule has 1 saturated heterocycles. The molecule has 7 nitrogen and oxygen atoms in total. The van der Waals surface area contributed by atoms with Crippen LogP contribution >= 0.6 is 0 Å². The van der Waals surface area contributed by atoms with Gasteiger partial charge < -0.3 is 10.1 Å². The van der Waals surface area contributed by atoms with Gasteiger partial charge in [0, 0.05) is 38.3 Å². The number of para-hydroxylation sites is 1. The zero-order valence-corrected chi connectivity index (χ0v) is 20.0. The molecule has 3 rings (SSSR count). The van der Waals surface area contributed by atoms with E-state index < -0.39 is 10.0 Å². The number of sulfonamides is 1. The lowest BCUT2D eigenvalue weighted by molar-refractivity contribution is -0.116. The Labute approximate surface area is 191 Å². The predicted molar refractivity (Wildman–Crippen MR) is 126 cm³/mol. The van der Waals surface area contributed by atoms with Crippen molar-refractivity contribution >= 4 is 21.6 Å².